The number of fused-ring (bicyclic) bond motifs is 1. The second-order valence-corrected chi connectivity index (χ2v) is 5.48. The van der Waals surface area contributed by atoms with Gasteiger partial charge < -0.3 is 10.4 Å². The van der Waals surface area contributed by atoms with E-state index >= 15 is 0 Å². The maximum Gasteiger partial charge on any atom is 0.337 e. The number of anilines is 1. The first-order valence-electron chi connectivity index (χ1n) is 7.58. The average molecular weight is 321 g/mol. The zero-order valence-corrected chi connectivity index (χ0v) is 13.2. The lowest BCUT2D eigenvalue weighted by atomic mass is 10.2. The van der Waals surface area contributed by atoms with Gasteiger partial charge in [-0.3, -0.25) is 4.79 Å². The van der Waals surface area contributed by atoms with E-state index in [1.807, 2.05) is 43.3 Å². The number of nitrogens with zero attached hydrogens (tertiary/aromatic N) is 3. The summed E-state index contributed by atoms with van der Waals surface area (Å²) in [4.78, 5) is 12.7. The predicted molar refractivity (Wildman–Crippen MR) is 88.6 cm³/mol. The number of carbonyl (C=O) groups excluding carboxylic acids is 1. The van der Waals surface area contributed by atoms with Crippen LogP contribution >= 0.6 is 0 Å². The number of amides is 1. The first-order valence-corrected chi connectivity index (χ1v) is 7.58. The molecule has 0 bridgehead atoms. The molecule has 3 aromatic rings. The van der Waals surface area contributed by atoms with Crippen LogP contribution in [0.25, 0.3) is 5.65 Å². The molecule has 24 heavy (non-hydrogen) atoms. The number of hydrogen-bond donors (Lipinski definition) is 2. The molecule has 120 valence electrons. The number of carbonyl (C=O) groups is 1. The molecule has 3 rings (SSSR count). The van der Waals surface area contributed by atoms with Crippen molar-refractivity contribution in [1.82, 2.24) is 4.57 Å². The number of rotatable bonds is 4. The summed E-state index contributed by atoms with van der Waals surface area (Å²) in [5.74, 6) is -0.561. The molecule has 6 nitrogen and oxygen atoms in total. The second kappa shape index (κ2) is 6.42. The molecule has 0 saturated heterocycles. The van der Waals surface area contributed by atoms with Gasteiger partial charge in [-0.05, 0) is 25.1 Å². The minimum Gasteiger partial charge on any atom is -0.475 e. The predicted octanol–water partition coefficient (Wildman–Crippen LogP) is 2.41. The van der Waals surface area contributed by atoms with E-state index in [-0.39, 0.29) is 18.0 Å². The van der Waals surface area contributed by atoms with Crippen LogP contribution in [-0.4, -0.2) is 15.6 Å². The average Bonchev–Trinajstić information content (AvgIpc) is 2.86. The van der Waals surface area contributed by atoms with Crippen molar-refractivity contribution in [3.63, 3.8) is 0 Å². The van der Waals surface area contributed by atoms with Crippen LogP contribution in [0, 0.1) is 18.3 Å². The van der Waals surface area contributed by atoms with Crippen LogP contribution in [0.4, 0.5) is 5.69 Å². The molecule has 1 amide bonds. The van der Waals surface area contributed by atoms with E-state index in [1.165, 1.54) is 0 Å². The Labute approximate surface area is 139 Å². The van der Waals surface area contributed by atoms with Gasteiger partial charge in [-0.2, -0.15) is 14.2 Å². The summed E-state index contributed by atoms with van der Waals surface area (Å²) in [6.07, 6.45) is 1.95. The van der Waals surface area contributed by atoms with Crippen LogP contribution in [0.5, 0.6) is 5.88 Å². The third kappa shape index (κ3) is 2.79. The number of aromatic nitrogens is 2. The minimum atomic E-state index is -0.409. The highest BCUT2D eigenvalue weighted by atomic mass is 16.3. The largest absolute Gasteiger partial charge is 0.475 e. The smallest absolute Gasteiger partial charge is 0.337 e. The Balaban J connectivity index is 2.02. The van der Waals surface area contributed by atoms with Gasteiger partial charge in [-0.15, -0.1) is 0 Å². The zero-order chi connectivity index (χ0) is 17.1. The van der Waals surface area contributed by atoms with Gasteiger partial charge in [0.2, 0.25) is 0 Å². The number of benzene rings is 1. The maximum absolute atomic E-state index is 12.7. The van der Waals surface area contributed by atoms with E-state index in [2.05, 4.69) is 5.32 Å². The van der Waals surface area contributed by atoms with E-state index in [0.717, 1.165) is 5.56 Å². The first kappa shape index (κ1) is 15.6. The number of hydrogen-bond acceptors (Lipinski definition) is 3. The van der Waals surface area contributed by atoms with Gasteiger partial charge in [0, 0.05) is 11.8 Å². The van der Waals surface area contributed by atoms with Crippen molar-refractivity contribution in [2.75, 3.05) is 5.32 Å². The molecule has 0 unspecified atom stereocenters. The van der Waals surface area contributed by atoms with Gasteiger partial charge in [0.25, 0.3) is 11.3 Å². The molecule has 2 aromatic heterocycles. The van der Waals surface area contributed by atoms with E-state index < -0.39 is 5.91 Å². The molecule has 6 heteroatoms. The Bertz CT molecular complexity index is 936. The first-order chi connectivity index (χ1) is 11.6. The third-order valence-corrected chi connectivity index (χ3v) is 3.80. The molecular formula is C18H17N4O2+. The Hall–Kier alpha value is -3.33. The molecule has 0 spiro atoms. The van der Waals surface area contributed by atoms with Crippen LogP contribution in [0.2, 0.25) is 0 Å². The fraction of sp³-hybridized carbons (Fsp3) is 0.167. The van der Waals surface area contributed by atoms with Gasteiger partial charge in [-0.25, -0.2) is 0 Å². The highest BCUT2D eigenvalue weighted by molar-refractivity contribution is 6.03. The van der Waals surface area contributed by atoms with Crippen molar-refractivity contribution in [2.45, 2.75) is 19.9 Å². The topological polar surface area (TPSA) is 82.1 Å². The van der Waals surface area contributed by atoms with Crippen molar-refractivity contribution >= 4 is 17.2 Å². The Kier molecular flexibility index (Phi) is 4.17. The summed E-state index contributed by atoms with van der Waals surface area (Å²) in [5.41, 5.74) is 2.54. The monoisotopic (exact) mass is 321 g/mol. The van der Waals surface area contributed by atoms with Crippen LogP contribution in [-0.2, 0) is 6.54 Å². The van der Waals surface area contributed by atoms with Gasteiger partial charge in [-0.1, -0.05) is 23.8 Å². The molecule has 0 radical (unpaired) electrons. The van der Waals surface area contributed by atoms with Crippen LogP contribution < -0.4 is 9.72 Å². The normalized spacial score (nSPS) is 10.5. The molecule has 0 atom stereocenters. The molecule has 0 aliphatic carbocycles. The third-order valence-electron chi connectivity index (χ3n) is 3.80. The van der Waals surface area contributed by atoms with Crippen LogP contribution in [0.3, 0.4) is 0 Å². The summed E-state index contributed by atoms with van der Waals surface area (Å²) in [7, 11) is 0. The fourth-order valence-corrected chi connectivity index (χ4v) is 2.61. The molecule has 0 fully saturated rings. The van der Waals surface area contributed by atoms with Gasteiger partial charge in [0.1, 0.15) is 6.54 Å². The number of imidazole rings is 1. The SMILES string of the molecule is Cc1ccc(NC(=O)c2c(O)n(CCC#N)c3cccc[n+]23)cc1. The summed E-state index contributed by atoms with van der Waals surface area (Å²) < 4.78 is 3.18. The van der Waals surface area contributed by atoms with Gasteiger partial charge in [0.15, 0.2) is 0 Å². The van der Waals surface area contributed by atoms with E-state index in [9.17, 15) is 9.90 Å². The number of aromatic hydroxyl groups is 1. The lowest BCUT2D eigenvalue weighted by molar-refractivity contribution is -0.513. The van der Waals surface area contributed by atoms with Crippen LogP contribution in [0.15, 0.2) is 48.7 Å². The highest BCUT2D eigenvalue weighted by Crippen LogP contribution is 2.20. The van der Waals surface area contributed by atoms with Gasteiger partial charge >= 0.3 is 11.8 Å². The van der Waals surface area contributed by atoms with Gasteiger partial charge in [0.05, 0.1) is 18.7 Å². The second-order valence-electron chi connectivity index (χ2n) is 5.48. The Morgan fingerprint density at radius 1 is 1.29 bits per heavy atom. The van der Waals surface area contributed by atoms with Crippen molar-refractivity contribution in [1.29, 1.82) is 5.26 Å². The summed E-state index contributed by atoms with van der Waals surface area (Å²) >= 11 is 0. The highest BCUT2D eigenvalue weighted by Gasteiger charge is 2.30. The van der Waals surface area contributed by atoms with Crippen molar-refractivity contribution < 1.29 is 14.3 Å². The molecule has 0 aliphatic rings. The van der Waals surface area contributed by atoms with Crippen molar-refractivity contribution in [3.05, 3.63) is 59.9 Å². The number of nitriles is 1. The zero-order valence-electron chi connectivity index (χ0n) is 13.2. The lowest BCUT2D eigenvalue weighted by Crippen LogP contribution is -2.30. The Morgan fingerprint density at radius 2 is 2.04 bits per heavy atom. The molecule has 0 aliphatic heterocycles. The maximum atomic E-state index is 12.7. The molecule has 2 N–H and O–H groups in total. The molecule has 0 saturated carbocycles. The van der Waals surface area contributed by atoms with E-state index in [1.54, 1.807) is 27.3 Å². The van der Waals surface area contributed by atoms with E-state index in [0.29, 0.717) is 17.9 Å². The lowest BCUT2D eigenvalue weighted by Gasteiger charge is -2.03. The van der Waals surface area contributed by atoms with Crippen LogP contribution in [0.1, 0.15) is 22.5 Å². The minimum absolute atomic E-state index is 0.143. The molecule has 1 aromatic carbocycles. The van der Waals surface area contributed by atoms with Crippen molar-refractivity contribution in [2.24, 2.45) is 0 Å². The summed E-state index contributed by atoms with van der Waals surface area (Å²) in [6, 6.07) is 14.9. The Morgan fingerprint density at radius 3 is 2.75 bits per heavy atom. The molecule has 2 heterocycles. The number of nitrogens with one attached hydrogen (secondary N) is 1. The quantitative estimate of drug-likeness (QED) is 0.724. The summed E-state index contributed by atoms with van der Waals surface area (Å²) in [5, 5.41) is 22.1. The van der Waals surface area contributed by atoms with Crippen molar-refractivity contribution in [3.8, 4) is 11.9 Å². The van der Waals surface area contributed by atoms with E-state index in [4.69, 9.17) is 5.26 Å². The summed E-state index contributed by atoms with van der Waals surface area (Å²) in [6.45, 7) is 2.28. The standard InChI is InChI=1S/C18H16N4O2/c1-13-6-8-14(9-7-13)20-17(23)16-18(24)22(12-4-10-19)15-5-2-3-11-21(15)16/h2-3,5-9,11H,4,12H2,1H3,(H-,20,23,24)/p+1. The number of aryl methyl sites for hydroxylation is 2. The molecular weight excluding hydrogens is 304 g/mol. The number of pyridine rings is 1. The fourth-order valence-electron chi connectivity index (χ4n) is 2.61.